The topological polar surface area (TPSA) is 42.3 Å². The predicted octanol–water partition coefficient (Wildman–Crippen LogP) is 2.76. The second kappa shape index (κ2) is 9.05. The highest BCUT2D eigenvalue weighted by molar-refractivity contribution is 5.28. The minimum absolute atomic E-state index is 0.563. The molecule has 1 N–H and O–H groups in total. The Morgan fingerprint density at radius 2 is 1.95 bits per heavy atom. The number of nitrogens with zero attached hydrogens (tertiary/aromatic N) is 3. The zero-order valence-electron chi connectivity index (χ0n) is 14.5. The molecule has 0 amide bonds. The number of methoxy groups -OCH3 is 1. The fraction of sp³-hybridized carbons (Fsp3) is 0.812. The number of hydrogen-bond donors (Lipinski definition) is 1. The molecule has 5 heteroatoms. The number of hydrogen-bond acceptors (Lipinski definition) is 4. The average molecular weight is 296 g/mol. The number of anilines is 1. The molecule has 0 aromatic carbocycles. The maximum atomic E-state index is 5.07. The van der Waals surface area contributed by atoms with Crippen molar-refractivity contribution in [2.24, 2.45) is 0 Å². The fourth-order valence-electron chi connectivity index (χ4n) is 2.61. The lowest BCUT2D eigenvalue weighted by molar-refractivity contribution is 0.168. The van der Waals surface area contributed by atoms with E-state index in [2.05, 4.69) is 53.7 Å². The van der Waals surface area contributed by atoms with Crippen LogP contribution in [0.1, 0.15) is 39.8 Å². The Kier molecular flexibility index (Phi) is 7.75. The van der Waals surface area contributed by atoms with Crippen molar-refractivity contribution in [2.45, 2.75) is 59.7 Å². The Morgan fingerprint density at radius 3 is 2.52 bits per heavy atom. The van der Waals surface area contributed by atoms with Crippen molar-refractivity contribution < 1.29 is 4.74 Å². The number of aromatic nitrogens is 2. The molecule has 0 aliphatic rings. The first-order chi connectivity index (χ1) is 9.95. The standard InChI is InChI=1S/C16H32N4O/c1-13(2)20(14(3)4)10-9-19-12-15(5)18-16(19)17-8-7-11-21-6/h12-14H,7-11H2,1-6H3,(H,17,18). The zero-order valence-corrected chi connectivity index (χ0v) is 14.5. The van der Waals surface area contributed by atoms with E-state index < -0.39 is 0 Å². The van der Waals surface area contributed by atoms with Gasteiger partial charge in [-0.3, -0.25) is 4.90 Å². The molecule has 0 saturated carbocycles. The fourth-order valence-corrected chi connectivity index (χ4v) is 2.61. The minimum atomic E-state index is 0.563. The summed E-state index contributed by atoms with van der Waals surface area (Å²) < 4.78 is 7.30. The average Bonchev–Trinajstić information content (AvgIpc) is 2.74. The SMILES string of the molecule is COCCCNc1nc(C)cn1CCN(C(C)C)C(C)C. The van der Waals surface area contributed by atoms with Crippen LogP contribution in [0.4, 0.5) is 5.95 Å². The molecule has 0 radical (unpaired) electrons. The van der Waals surface area contributed by atoms with E-state index in [0.29, 0.717) is 12.1 Å². The molecular weight excluding hydrogens is 264 g/mol. The van der Waals surface area contributed by atoms with Gasteiger partial charge in [-0.2, -0.15) is 0 Å². The first-order valence-corrected chi connectivity index (χ1v) is 7.98. The highest BCUT2D eigenvalue weighted by Gasteiger charge is 2.14. The second-order valence-corrected chi connectivity index (χ2v) is 6.10. The van der Waals surface area contributed by atoms with Crippen molar-refractivity contribution in [3.05, 3.63) is 11.9 Å². The Hall–Kier alpha value is -1.07. The number of rotatable bonds is 10. The van der Waals surface area contributed by atoms with Crippen molar-refractivity contribution in [2.75, 3.05) is 32.1 Å². The molecular formula is C16H32N4O. The summed E-state index contributed by atoms with van der Waals surface area (Å²) in [6.45, 7) is 14.7. The quantitative estimate of drug-likeness (QED) is 0.674. The molecule has 0 unspecified atom stereocenters. The van der Waals surface area contributed by atoms with Gasteiger partial charge in [-0.05, 0) is 41.0 Å². The Bertz CT molecular complexity index is 393. The van der Waals surface area contributed by atoms with E-state index in [4.69, 9.17) is 4.74 Å². The van der Waals surface area contributed by atoms with Crippen molar-refractivity contribution >= 4 is 5.95 Å². The largest absolute Gasteiger partial charge is 0.385 e. The van der Waals surface area contributed by atoms with Gasteiger partial charge in [-0.1, -0.05) is 0 Å². The van der Waals surface area contributed by atoms with Crippen molar-refractivity contribution in [1.82, 2.24) is 14.5 Å². The van der Waals surface area contributed by atoms with E-state index in [1.807, 2.05) is 6.92 Å². The lowest BCUT2D eigenvalue weighted by atomic mass is 10.2. The van der Waals surface area contributed by atoms with Crippen molar-refractivity contribution in [1.29, 1.82) is 0 Å². The van der Waals surface area contributed by atoms with Gasteiger partial charge in [0.2, 0.25) is 5.95 Å². The van der Waals surface area contributed by atoms with Crippen LogP contribution in [0.25, 0.3) is 0 Å². The van der Waals surface area contributed by atoms with Crippen LogP contribution >= 0.6 is 0 Å². The van der Waals surface area contributed by atoms with Gasteiger partial charge in [0.15, 0.2) is 0 Å². The molecule has 21 heavy (non-hydrogen) atoms. The van der Waals surface area contributed by atoms with Gasteiger partial charge < -0.3 is 14.6 Å². The van der Waals surface area contributed by atoms with Crippen LogP contribution in [0.5, 0.6) is 0 Å². The Morgan fingerprint density at radius 1 is 1.29 bits per heavy atom. The third kappa shape index (κ3) is 6.06. The lowest BCUT2D eigenvalue weighted by Crippen LogP contribution is -2.39. The molecule has 0 spiro atoms. The zero-order chi connectivity index (χ0) is 15.8. The summed E-state index contributed by atoms with van der Waals surface area (Å²) in [5.74, 6) is 0.969. The normalized spacial score (nSPS) is 11.9. The molecule has 0 atom stereocenters. The van der Waals surface area contributed by atoms with Crippen LogP contribution in [0.15, 0.2) is 6.20 Å². The summed E-state index contributed by atoms with van der Waals surface area (Å²) in [5.41, 5.74) is 1.06. The van der Waals surface area contributed by atoms with Crippen LogP contribution in [0, 0.1) is 6.92 Å². The molecule has 0 fully saturated rings. The van der Waals surface area contributed by atoms with Crippen LogP contribution in [0.2, 0.25) is 0 Å². The van der Waals surface area contributed by atoms with Gasteiger partial charge in [0.25, 0.3) is 0 Å². The molecule has 0 bridgehead atoms. The van der Waals surface area contributed by atoms with Gasteiger partial charge in [0, 0.05) is 51.6 Å². The second-order valence-electron chi connectivity index (χ2n) is 6.10. The number of imidazole rings is 1. The van der Waals surface area contributed by atoms with E-state index in [9.17, 15) is 0 Å². The summed E-state index contributed by atoms with van der Waals surface area (Å²) in [4.78, 5) is 7.07. The summed E-state index contributed by atoms with van der Waals surface area (Å²) >= 11 is 0. The first-order valence-electron chi connectivity index (χ1n) is 7.98. The van der Waals surface area contributed by atoms with Crippen LogP contribution in [0.3, 0.4) is 0 Å². The maximum absolute atomic E-state index is 5.07. The van der Waals surface area contributed by atoms with Crippen LogP contribution < -0.4 is 5.32 Å². The minimum Gasteiger partial charge on any atom is -0.385 e. The van der Waals surface area contributed by atoms with E-state index in [1.165, 1.54) is 0 Å². The number of ether oxygens (including phenoxy) is 1. The first kappa shape index (κ1) is 18.0. The molecule has 1 aromatic rings. The summed E-state index contributed by atoms with van der Waals surface area (Å²) in [6, 6.07) is 1.13. The third-order valence-corrected chi connectivity index (χ3v) is 3.63. The van der Waals surface area contributed by atoms with Gasteiger partial charge in [-0.15, -0.1) is 0 Å². The summed E-state index contributed by atoms with van der Waals surface area (Å²) in [5, 5.41) is 3.40. The van der Waals surface area contributed by atoms with E-state index in [0.717, 1.165) is 44.3 Å². The monoisotopic (exact) mass is 296 g/mol. The van der Waals surface area contributed by atoms with Crippen LogP contribution in [-0.4, -0.2) is 53.3 Å². The molecule has 122 valence electrons. The van der Waals surface area contributed by atoms with Gasteiger partial charge in [0.05, 0.1) is 5.69 Å². The van der Waals surface area contributed by atoms with Crippen molar-refractivity contribution in [3.8, 4) is 0 Å². The molecule has 1 rings (SSSR count). The molecule has 5 nitrogen and oxygen atoms in total. The van der Waals surface area contributed by atoms with E-state index in [-0.39, 0.29) is 0 Å². The molecule has 0 saturated heterocycles. The molecule has 0 aliphatic heterocycles. The van der Waals surface area contributed by atoms with Crippen molar-refractivity contribution in [3.63, 3.8) is 0 Å². The Labute approximate surface area is 129 Å². The summed E-state index contributed by atoms with van der Waals surface area (Å²) in [6.07, 6.45) is 3.12. The third-order valence-electron chi connectivity index (χ3n) is 3.63. The number of nitrogens with one attached hydrogen (secondary N) is 1. The van der Waals surface area contributed by atoms with Gasteiger partial charge >= 0.3 is 0 Å². The molecule has 0 aliphatic carbocycles. The maximum Gasteiger partial charge on any atom is 0.203 e. The predicted molar refractivity (Wildman–Crippen MR) is 88.9 cm³/mol. The van der Waals surface area contributed by atoms with E-state index >= 15 is 0 Å². The summed E-state index contributed by atoms with van der Waals surface area (Å²) in [7, 11) is 1.73. The highest BCUT2D eigenvalue weighted by Crippen LogP contribution is 2.11. The smallest absolute Gasteiger partial charge is 0.203 e. The molecule has 1 heterocycles. The molecule has 1 aromatic heterocycles. The Balaban J connectivity index is 2.57. The van der Waals surface area contributed by atoms with Gasteiger partial charge in [0.1, 0.15) is 0 Å². The number of aryl methyl sites for hydroxylation is 1. The highest BCUT2D eigenvalue weighted by atomic mass is 16.5. The van der Waals surface area contributed by atoms with E-state index in [1.54, 1.807) is 7.11 Å². The van der Waals surface area contributed by atoms with Gasteiger partial charge in [-0.25, -0.2) is 4.98 Å². The lowest BCUT2D eigenvalue weighted by Gasteiger charge is -2.30. The van der Waals surface area contributed by atoms with Crippen LogP contribution in [-0.2, 0) is 11.3 Å².